The first-order chi connectivity index (χ1) is 11.0. The summed E-state index contributed by atoms with van der Waals surface area (Å²) in [5.41, 5.74) is 0. The standard InChI is InChI=1S/C17H26N2O4/c1-18(2)12-13-19(11-9-17(21)22-3)16(20)10-14-23-15-7-5-4-6-8-15/h4-8H,9-14H2,1-3H3. The summed E-state index contributed by atoms with van der Waals surface area (Å²) in [5.74, 6) is 0.412. The van der Waals surface area contributed by atoms with Crippen LogP contribution in [-0.2, 0) is 14.3 Å². The van der Waals surface area contributed by atoms with Gasteiger partial charge in [0.1, 0.15) is 5.75 Å². The maximum atomic E-state index is 12.3. The predicted octanol–water partition coefficient (Wildman–Crippen LogP) is 1.41. The quantitative estimate of drug-likeness (QED) is 0.610. The number of hydrogen-bond donors (Lipinski definition) is 0. The first-order valence-electron chi connectivity index (χ1n) is 7.70. The zero-order chi connectivity index (χ0) is 17.1. The molecule has 0 fully saturated rings. The van der Waals surface area contributed by atoms with Crippen LogP contribution in [0.25, 0.3) is 0 Å². The van der Waals surface area contributed by atoms with Gasteiger partial charge in [0.25, 0.3) is 0 Å². The first kappa shape index (κ1) is 19.0. The van der Waals surface area contributed by atoms with E-state index < -0.39 is 0 Å². The van der Waals surface area contributed by atoms with Crippen molar-refractivity contribution in [3.8, 4) is 5.75 Å². The van der Waals surface area contributed by atoms with E-state index in [2.05, 4.69) is 4.74 Å². The highest BCUT2D eigenvalue weighted by atomic mass is 16.5. The van der Waals surface area contributed by atoms with Crippen molar-refractivity contribution in [2.24, 2.45) is 0 Å². The number of para-hydroxylation sites is 1. The molecule has 0 atom stereocenters. The molecule has 23 heavy (non-hydrogen) atoms. The molecule has 0 N–H and O–H groups in total. The molecule has 6 nitrogen and oxygen atoms in total. The lowest BCUT2D eigenvalue weighted by Crippen LogP contribution is -2.38. The van der Waals surface area contributed by atoms with Crippen molar-refractivity contribution in [1.29, 1.82) is 0 Å². The van der Waals surface area contributed by atoms with E-state index in [1.165, 1.54) is 7.11 Å². The summed E-state index contributed by atoms with van der Waals surface area (Å²) < 4.78 is 10.2. The van der Waals surface area contributed by atoms with E-state index in [1.54, 1.807) is 4.90 Å². The van der Waals surface area contributed by atoms with Gasteiger partial charge in [0, 0.05) is 19.6 Å². The fourth-order valence-corrected chi connectivity index (χ4v) is 1.94. The van der Waals surface area contributed by atoms with Gasteiger partial charge in [-0.3, -0.25) is 9.59 Å². The number of ether oxygens (including phenoxy) is 2. The Morgan fingerprint density at radius 2 is 1.70 bits per heavy atom. The van der Waals surface area contributed by atoms with E-state index in [1.807, 2.05) is 49.3 Å². The minimum atomic E-state index is -0.312. The van der Waals surface area contributed by atoms with Crippen LogP contribution in [0.1, 0.15) is 12.8 Å². The average Bonchev–Trinajstić information content (AvgIpc) is 2.55. The number of likely N-dealkylation sites (N-methyl/N-ethyl adjacent to an activating group) is 1. The number of rotatable bonds is 10. The molecule has 0 saturated carbocycles. The maximum absolute atomic E-state index is 12.3. The van der Waals surface area contributed by atoms with Gasteiger partial charge in [0.2, 0.25) is 5.91 Å². The highest BCUT2D eigenvalue weighted by molar-refractivity contribution is 5.77. The van der Waals surface area contributed by atoms with E-state index in [0.717, 1.165) is 12.3 Å². The molecule has 0 aliphatic rings. The SMILES string of the molecule is COC(=O)CCN(CCN(C)C)C(=O)CCOc1ccccc1. The summed E-state index contributed by atoms with van der Waals surface area (Å²) in [6.45, 7) is 2.00. The van der Waals surface area contributed by atoms with Crippen LogP contribution in [0.2, 0.25) is 0 Å². The van der Waals surface area contributed by atoms with Gasteiger partial charge in [0.05, 0.1) is 26.6 Å². The van der Waals surface area contributed by atoms with Crippen molar-refractivity contribution < 1.29 is 19.1 Å². The molecule has 0 unspecified atom stereocenters. The monoisotopic (exact) mass is 322 g/mol. The maximum Gasteiger partial charge on any atom is 0.307 e. The smallest absolute Gasteiger partial charge is 0.307 e. The summed E-state index contributed by atoms with van der Waals surface area (Å²) in [6, 6.07) is 9.39. The Kier molecular flexibility index (Phi) is 8.75. The molecule has 0 saturated heterocycles. The van der Waals surface area contributed by atoms with Crippen LogP contribution in [-0.4, -0.2) is 69.1 Å². The zero-order valence-corrected chi connectivity index (χ0v) is 14.2. The van der Waals surface area contributed by atoms with Crippen molar-refractivity contribution in [3.63, 3.8) is 0 Å². The van der Waals surface area contributed by atoms with Gasteiger partial charge in [0.15, 0.2) is 0 Å². The number of nitrogens with zero attached hydrogens (tertiary/aromatic N) is 2. The molecular weight excluding hydrogens is 296 g/mol. The number of carbonyl (C=O) groups excluding carboxylic acids is 2. The molecule has 0 heterocycles. The van der Waals surface area contributed by atoms with Crippen molar-refractivity contribution in [3.05, 3.63) is 30.3 Å². The minimum Gasteiger partial charge on any atom is -0.493 e. The Bertz CT molecular complexity index is 477. The minimum absolute atomic E-state index is 0.0216. The lowest BCUT2D eigenvalue weighted by atomic mass is 10.3. The third-order valence-electron chi connectivity index (χ3n) is 3.31. The molecule has 0 aromatic heterocycles. The van der Waals surface area contributed by atoms with Crippen molar-refractivity contribution in [1.82, 2.24) is 9.80 Å². The molecular formula is C17H26N2O4. The zero-order valence-electron chi connectivity index (χ0n) is 14.2. The number of esters is 1. The van der Waals surface area contributed by atoms with Crippen molar-refractivity contribution in [2.45, 2.75) is 12.8 Å². The largest absolute Gasteiger partial charge is 0.493 e. The third kappa shape index (κ3) is 8.21. The summed E-state index contributed by atoms with van der Waals surface area (Å²) >= 11 is 0. The van der Waals surface area contributed by atoms with Gasteiger partial charge in [-0.2, -0.15) is 0 Å². The molecule has 1 amide bonds. The highest BCUT2D eigenvalue weighted by Gasteiger charge is 2.15. The lowest BCUT2D eigenvalue weighted by molar-refractivity contribution is -0.141. The van der Waals surface area contributed by atoms with Crippen molar-refractivity contribution in [2.75, 3.05) is 47.4 Å². The molecule has 0 bridgehead atoms. The van der Waals surface area contributed by atoms with E-state index in [4.69, 9.17) is 4.74 Å². The van der Waals surface area contributed by atoms with Crippen molar-refractivity contribution >= 4 is 11.9 Å². The summed E-state index contributed by atoms with van der Waals surface area (Å²) in [7, 11) is 5.24. The van der Waals surface area contributed by atoms with Crippen LogP contribution >= 0.6 is 0 Å². The molecule has 0 spiro atoms. The van der Waals surface area contributed by atoms with Crippen LogP contribution in [0, 0.1) is 0 Å². The van der Waals surface area contributed by atoms with Gasteiger partial charge in [-0.05, 0) is 26.2 Å². The number of hydrogen-bond acceptors (Lipinski definition) is 5. The second-order valence-electron chi connectivity index (χ2n) is 5.42. The van der Waals surface area contributed by atoms with Gasteiger partial charge in [-0.25, -0.2) is 0 Å². The third-order valence-corrected chi connectivity index (χ3v) is 3.31. The Morgan fingerprint density at radius 1 is 1.00 bits per heavy atom. The van der Waals surface area contributed by atoms with Gasteiger partial charge >= 0.3 is 5.97 Å². The fourth-order valence-electron chi connectivity index (χ4n) is 1.94. The molecule has 0 radical (unpaired) electrons. The summed E-state index contributed by atoms with van der Waals surface area (Å²) in [6.07, 6.45) is 0.485. The number of benzene rings is 1. The van der Waals surface area contributed by atoms with Crippen LogP contribution < -0.4 is 4.74 Å². The highest BCUT2D eigenvalue weighted by Crippen LogP contribution is 2.09. The fraction of sp³-hybridized carbons (Fsp3) is 0.529. The van der Waals surface area contributed by atoms with Crippen LogP contribution in [0.15, 0.2) is 30.3 Å². The average molecular weight is 322 g/mol. The second kappa shape index (κ2) is 10.6. The van der Waals surface area contributed by atoms with E-state index in [0.29, 0.717) is 19.7 Å². The number of methoxy groups -OCH3 is 1. The van der Waals surface area contributed by atoms with E-state index in [-0.39, 0.29) is 24.7 Å². The Hall–Kier alpha value is -2.08. The van der Waals surface area contributed by atoms with Crippen LogP contribution in [0.5, 0.6) is 5.75 Å². The van der Waals surface area contributed by atoms with Crippen LogP contribution in [0.3, 0.4) is 0 Å². The summed E-state index contributed by atoms with van der Waals surface area (Å²) in [5, 5.41) is 0. The topological polar surface area (TPSA) is 59.1 Å². The first-order valence-corrected chi connectivity index (χ1v) is 7.70. The Morgan fingerprint density at radius 3 is 2.30 bits per heavy atom. The molecule has 1 aromatic rings. The lowest BCUT2D eigenvalue weighted by Gasteiger charge is -2.24. The molecule has 0 aliphatic heterocycles. The normalized spacial score (nSPS) is 10.4. The molecule has 6 heteroatoms. The number of amides is 1. The Labute approximate surface area is 138 Å². The second-order valence-corrected chi connectivity index (χ2v) is 5.42. The number of carbonyl (C=O) groups is 2. The van der Waals surface area contributed by atoms with Gasteiger partial charge in [-0.1, -0.05) is 18.2 Å². The molecule has 1 aromatic carbocycles. The summed E-state index contributed by atoms with van der Waals surface area (Å²) in [4.78, 5) is 27.3. The molecule has 0 aliphatic carbocycles. The Balaban J connectivity index is 2.44. The molecule has 128 valence electrons. The predicted molar refractivity (Wildman–Crippen MR) is 88.3 cm³/mol. The van der Waals surface area contributed by atoms with Gasteiger partial charge in [-0.15, -0.1) is 0 Å². The molecule has 1 rings (SSSR count). The van der Waals surface area contributed by atoms with E-state index >= 15 is 0 Å². The van der Waals surface area contributed by atoms with E-state index in [9.17, 15) is 9.59 Å². The van der Waals surface area contributed by atoms with Gasteiger partial charge < -0.3 is 19.3 Å². The van der Waals surface area contributed by atoms with Crippen LogP contribution in [0.4, 0.5) is 0 Å².